The first-order valence-electron chi connectivity index (χ1n) is 3.40. The highest BCUT2D eigenvalue weighted by Crippen LogP contribution is 2.13. The van der Waals surface area contributed by atoms with Crippen LogP contribution in [0.5, 0.6) is 0 Å². The van der Waals surface area contributed by atoms with Crippen molar-refractivity contribution in [3.05, 3.63) is 35.9 Å². The minimum Gasteiger partial charge on any atom is -0.481 e. The smallest absolute Gasteiger partial charge is 0.310 e. The predicted molar refractivity (Wildman–Crippen MR) is 41.3 cm³/mol. The second-order valence-corrected chi connectivity index (χ2v) is 2.40. The lowest BCUT2D eigenvalue weighted by atomic mass is 10.0. The van der Waals surface area contributed by atoms with Crippen LogP contribution in [0.3, 0.4) is 0 Å². The van der Waals surface area contributed by atoms with Gasteiger partial charge in [-0.3, -0.25) is 4.79 Å². The number of carboxylic acid groups (broad SMARTS) is 1. The minimum absolute atomic E-state index is 0.438. The summed E-state index contributed by atoms with van der Waals surface area (Å²) in [4.78, 5) is 10.5. The topological polar surface area (TPSA) is 37.3 Å². The largest absolute Gasteiger partial charge is 0.481 e. The molecule has 1 rings (SSSR count). The Morgan fingerprint density at radius 3 is 2.91 bits per heavy atom. The summed E-state index contributed by atoms with van der Waals surface area (Å²) < 4.78 is 0. The van der Waals surface area contributed by atoms with Gasteiger partial charge >= 0.3 is 5.97 Å². The van der Waals surface area contributed by atoms with Gasteiger partial charge < -0.3 is 5.11 Å². The van der Waals surface area contributed by atoms with Crippen molar-refractivity contribution in [3.63, 3.8) is 0 Å². The van der Waals surface area contributed by atoms with Gasteiger partial charge in [0.2, 0.25) is 0 Å². The SMILES string of the molecule is CC(C(=O)O)c1c[c]ccc1. The maximum atomic E-state index is 10.5. The molecule has 0 saturated carbocycles. The third kappa shape index (κ3) is 1.80. The average molecular weight is 149 g/mol. The number of carboxylic acids is 1. The number of aliphatic carboxylic acids is 1. The highest BCUT2D eigenvalue weighted by Gasteiger charge is 2.11. The molecule has 2 nitrogen and oxygen atoms in total. The van der Waals surface area contributed by atoms with Crippen molar-refractivity contribution in [2.24, 2.45) is 0 Å². The molecule has 0 bridgehead atoms. The number of benzene rings is 1. The summed E-state index contributed by atoms with van der Waals surface area (Å²) >= 11 is 0. The quantitative estimate of drug-likeness (QED) is 0.694. The van der Waals surface area contributed by atoms with E-state index >= 15 is 0 Å². The summed E-state index contributed by atoms with van der Waals surface area (Å²) in [5, 5.41) is 8.62. The van der Waals surface area contributed by atoms with E-state index in [0.29, 0.717) is 0 Å². The number of hydrogen-bond donors (Lipinski definition) is 1. The fourth-order valence-corrected chi connectivity index (χ4v) is 0.819. The third-order valence-corrected chi connectivity index (χ3v) is 1.60. The van der Waals surface area contributed by atoms with E-state index in [1.54, 1.807) is 31.2 Å². The Kier molecular flexibility index (Phi) is 2.26. The molecule has 0 aliphatic heterocycles. The van der Waals surface area contributed by atoms with Gasteiger partial charge in [0.1, 0.15) is 0 Å². The van der Waals surface area contributed by atoms with Crippen LogP contribution >= 0.6 is 0 Å². The molecule has 1 aromatic carbocycles. The van der Waals surface area contributed by atoms with Crippen LogP contribution in [0.25, 0.3) is 0 Å². The molecule has 2 heteroatoms. The lowest BCUT2D eigenvalue weighted by Gasteiger charge is -2.03. The molecule has 1 atom stereocenters. The Labute approximate surface area is 65.5 Å². The molecule has 0 heterocycles. The highest BCUT2D eigenvalue weighted by atomic mass is 16.4. The third-order valence-electron chi connectivity index (χ3n) is 1.60. The number of carbonyl (C=O) groups is 1. The van der Waals surface area contributed by atoms with Crippen molar-refractivity contribution in [1.82, 2.24) is 0 Å². The fraction of sp³-hybridized carbons (Fsp3) is 0.222. The van der Waals surface area contributed by atoms with E-state index in [9.17, 15) is 4.79 Å². The minimum atomic E-state index is -0.801. The summed E-state index contributed by atoms with van der Waals surface area (Å²) in [6.07, 6.45) is 0. The van der Waals surface area contributed by atoms with E-state index in [-0.39, 0.29) is 0 Å². The summed E-state index contributed by atoms with van der Waals surface area (Å²) in [5.74, 6) is -1.24. The van der Waals surface area contributed by atoms with Crippen molar-refractivity contribution < 1.29 is 9.90 Å². The standard InChI is InChI=1S/C9H9O2/c1-7(9(10)11)8-5-3-2-4-6-8/h2-3,5-7H,1H3,(H,10,11). The Balaban J connectivity index is 2.85. The molecule has 0 aromatic heterocycles. The normalized spacial score (nSPS) is 12.5. The van der Waals surface area contributed by atoms with Crippen LogP contribution in [0.1, 0.15) is 18.4 Å². The molecule has 1 aromatic rings. The maximum absolute atomic E-state index is 10.5. The molecule has 57 valence electrons. The molecule has 0 spiro atoms. The van der Waals surface area contributed by atoms with Crippen LogP contribution in [0, 0.1) is 6.07 Å². The Hall–Kier alpha value is -1.31. The van der Waals surface area contributed by atoms with Crippen LogP contribution in [0.15, 0.2) is 24.3 Å². The fourth-order valence-electron chi connectivity index (χ4n) is 0.819. The molecule has 1 radical (unpaired) electrons. The lowest BCUT2D eigenvalue weighted by molar-refractivity contribution is -0.138. The summed E-state index contributed by atoms with van der Waals surface area (Å²) in [6, 6.07) is 9.85. The molecular weight excluding hydrogens is 140 g/mol. The monoisotopic (exact) mass is 149 g/mol. The van der Waals surface area contributed by atoms with Gasteiger partial charge in [0.15, 0.2) is 0 Å². The Morgan fingerprint density at radius 2 is 2.45 bits per heavy atom. The van der Waals surface area contributed by atoms with Crippen molar-refractivity contribution in [2.45, 2.75) is 12.8 Å². The number of hydrogen-bond acceptors (Lipinski definition) is 1. The van der Waals surface area contributed by atoms with Crippen molar-refractivity contribution in [1.29, 1.82) is 0 Å². The second kappa shape index (κ2) is 3.19. The molecular formula is C9H9O2. The Bertz CT molecular complexity index is 241. The Morgan fingerprint density at radius 1 is 1.73 bits per heavy atom. The van der Waals surface area contributed by atoms with Gasteiger partial charge in [0.05, 0.1) is 5.92 Å². The lowest BCUT2D eigenvalue weighted by Crippen LogP contribution is -2.06. The molecule has 0 fully saturated rings. The van der Waals surface area contributed by atoms with Crippen LogP contribution in [-0.2, 0) is 4.79 Å². The van der Waals surface area contributed by atoms with Crippen molar-refractivity contribution in [3.8, 4) is 0 Å². The first kappa shape index (κ1) is 7.79. The van der Waals surface area contributed by atoms with Gasteiger partial charge in [0, 0.05) is 0 Å². The predicted octanol–water partition coefficient (Wildman–Crippen LogP) is 1.67. The first-order valence-corrected chi connectivity index (χ1v) is 3.40. The van der Waals surface area contributed by atoms with Crippen LogP contribution in [-0.4, -0.2) is 11.1 Å². The van der Waals surface area contributed by atoms with Gasteiger partial charge in [-0.15, -0.1) is 0 Å². The zero-order chi connectivity index (χ0) is 8.27. The second-order valence-electron chi connectivity index (χ2n) is 2.40. The van der Waals surface area contributed by atoms with Gasteiger partial charge in [-0.2, -0.15) is 0 Å². The first-order chi connectivity index (χ1) is 5.22. The molecule has 0 amide bonds. The van der Waals surface area contributed by atoms with E-state index in [0.717, 1.165) is 5.56 Å². The van der Waals surface area contributed by atoms with Gasteiger partial charge in [-0.25, -0.2) is 0 Å². The summed E-state index contributed by atoms with van der Waals surface area (Å²) in [5.41, 5.74) is 0.792. The average Bonchev–Trinajstić information content (AvgIpc) is 2.05. The van der Waals surface area contributed by atoms with E-state index in [2.05, 4.69) is 6.07 Å². The highest BCUT2D eigenvalue weighted by molar-refractivity contribution is 5.75. The summed E-state index contributed by atoms with van der Waals surface area (Å²) in [7, 11) is 0. The van der Waals surface area contributed by atoms with Crippen molar-refractivity contribution >= 4 is 5.97 Å². The van der Waals surface area contributed by atoms with Crippen molar-refractivity contribution in [2.75, 3.05) is 0 Å². The van der Waals surface area contributed by atoms with E-state index in [1.165, 1.54) is 0 Å². The molecule has 11 heavy (non-hydrogen) atoms. The van der Waals surface area contributed by atoms with Gasteiger partial charge in [-0.05, 0) is 18.6 Å². The zero-order valence-corrected chi connectivity index (χ0v) is 6.24. The van der Waals surface area contributed by atoms with E-state index in [4.69, 9.17) is 5.11 Å². The summed E-state index contributed by atoms with van der Waals surface area (Å²) in [6.45, 7) is 1.66. The van der Waals surface area contributed by atoms with E-state index < -0.39 is 11.9 Å². The molecule has 0 aliphatic carbocycles. The van der Waals surface area contributed by atoms with Crippen LogP contribution in [0.4, 0.5) is 0 Å². The molecule has 1 unspecified atom stereocenters. The van der Waals surface area contributed by atoms with Gasteiger partial charge in [-0.1, -0.05) is 24.3 Å². The zero-order valence-electron chi connectivity index (χ0n) is 6.24. The van der Waals surface area contributed by atoms with E-state index in [1.807, 2.05) is 0 Å². The molecule has 0 aliphatic rings. The van der Waals surface area contributed by atoms with Gasteiger partial charge in [0.25, 0.3) is 0 Å². The molecule has 1 N–H and O–H groups in total. The number of rotatable bonds is 2. The van der Waals surface area contributed by atoms with Crippen LogP contribution < -0.4 is 0 Å². The molecule has 0 saturated heterocycles. The maximum Gasteiger partial charge on any atom is 0.310 e. The van der Waals surface area contributed by atoms with Crippen LogP contribution in [0.2, 0.25) is 0 Å².